The number of H-pyrrole nitrogens is 1. The Labute approximate surface area is 111 Å². The molecule has 0 aliphatic rings. The third kappa shape index (κ3) is 2.90. The van der Waals surface area contributed by atoms with Gasteiger partial charge >= 0.3 is 0 Å². The second kappa shape index (κ2) is 5.51. The fourth-order valence-corrected chi connectivity index (χ4v) is 1.79. The van der Waals surface area contributed by atoms with Gasteiger partial charge in [-0.15, -0.1) is 0 Å². The Bertz CT molecular complexity index is 590. The van der Waals surface area contributed by atoms with Crippen LogP contribution in [0.3, 0.4) is 0 Å². The zero-order chi connectivity index (χ0) is 13.8. The van der Waals surface area contributed by atoms with Crippen LogP contribution in [0, 0.1) is 6.92 Å². The van der Waals surface area contributed by atoms with Gasteiger partial charge in [-0.2, -0.15) is 5.10 Å². The lowest BCUT2D eigenvalue weighted by Crippen LogP contribution is -2.15. The van der Waals surface area contributed by atoms with E-state index in [9.17, 15) is 4.79 Å². The Balaban J connectivity index is 2.16. The van der Waals surface area contributed by atoms with E-state index >= 15 is 0 Å². The van der Waals surface area contributed by atoms with Gasteiger partial charge < -0.3 is 11.1 Å². The second-order valence-corrected chi connectivity index (χ2v) is 4.33. The highest BCUT2D eigenvalue weighted by Crippen LogP contribution is 2.17. The van der Waals surface area contributed by atoms with Gasteiger partial charge in [-0.05, 0) is 25.5 Å². The minimum atomic E-state index is -0.353. The largest absolute Gasteiger partial charge is 0.395 e. The number of hydrogen-bond acceptors (Lipinski definition) is 4. The van der Waals surface area contributed by atoms with Crippen molar-refractivity contribution in [2.75, 3.05) is 11.1 Å². The molecule has 0 atom stereocenters. The van der Waals surface area contributed by atoms with Gasteiger partial charge in [-0.3, -0.25) is 9.89 Å². The van der Waals surface area contributed by atoms with Crippen LogP contribution in [-0.2, 0) is 6.42 Å². The number of pyridine rings is 1. The first-order valence-electron chi connectivity index (χ1n) is 6.19. The maximum absolute atomic E-state index is 12.1. The number of nitrogens with one attached hydrogen (secondary N) is 2. The number of rotatable bonds is 4. The third-order valence-electron chi connectivity index (χ3n) is 2.73. The molecule has 0 aliphatic carbocycles. The zero-order valence-corrected chi connectivity index (χ0v) is 11.0. The predicted molar refractivity (Wildman–Crippen MR) is 73.9 cm³/mol. The first kappa shape index (κ1) is 13.1. The molecule has 4 N–H and O–H groups in total. The Morgan fingerprint density at radius 1 is 1.47 bits per heavy atom. The molecule has 2 aromatic rings. The summed E-state index contributed by atoms with van der Waals surface area (Å²) in [5.41, 5.74) is 8.15. The number of amides is 1. The highest BCUT2D eigenvalue weighted by atomic mass is 16.2. The SMILES string of the molecule is CCCc1[nH]nc(C(=O)Nc2cccc(C)n2)c1N. The van der Waals surface area contributed by atoms with E-state index in [2.05, 4.69) is 20.5 Å². The fourth-order valence-electron chi connectivity index (χ4n) is 1.79. The number of nitrogens with two attached hydrogens (primary N) is 1. The minimum Gasteiger partial charge on any atom is -0.395 e. The number of anilines is 2. The van der Waals surface area contributed by atoms with Gasteiger partial charge in [0.2, 0.25) is 0 Å². The van der Waals surface area contributed by atoms with E-state index in [4.69, 9.17) is 5.73 Å². The van der Waals surface area contributed by atoms with Crippen LogP contribution in [0.2, 0.25) is 0 Å². The van der Waals surface area contributed by atoms with Crippen molar-refractivity contribution in [3.05, 3.63) is 35.3 Å². The quantitative estimate of drug-likeness (QED) is 0.781. The molecule has 0 aromatic carbocycles. The van der Waals surface area contributed by atoms with E-state index in [1.165, 1.54) is 0 Å². The van der Waals surface area contributed by atoms with Crippen molar-refractivity contribution in [1.29, 1.82) is 0 Å². The number of carbonyl (C=O) groups is 1. The summed E-state index contributed by atoms with van der Waals surface area (Å²) in [7, 11) is 0. The topological polar surface area (TPSA) is 96.7 Å². The Kier molecular flexibility index (Phi) is 3.79. The lowest BCUT2D eigenvalue weighted by atomic mass is 10.2. The van der Waals surface area contributed by atoms with E-state index in [-0.39, 0.29) is 11.6 Å². The summed E-state index contributed by atoms with van der Waals surface area (Å²) in [5.74, 6) is 0.138. The lowest BCUT2D eigenvalue weighted by Gasteiger charge is -2.03. The summed E-state index contributed by atoms with van der Waals surface area (Å²) in [6.07, 6.45) is 1.71. The van der Waals surface area contributed by atoms with E-state index in [0.717, 1.165) is 24.2 Å². The highest BCUT2D eigenvalue weighted by molar-refractivity contribution is 6.06. The number of hydrogen-bond donors (Lipinski definition) is 3. The minimum absolute atomic E-state index is 0.215. The molecule has 0 saturated carbocycles. The molecule has 1 amide bonds. The van der Waals surface area contributed by atoms with Crippen LogP contribution >= 0.6 is 0 Å². The molecule has 0 aliphatic heterocycles. The Morgan fingerprint density at radius 2 is 2.26 bits per heavy atom. The standard InChI is InChI=1S/C13H17N5O/c1-3-5-9-11(14)12(18-17-9)13(19)16-10-7-4-6-8(2)15-10/h4,6-7H,3,5,14H2,1-2H3,(H,17,18)(H,15,16,19). The number of nitrogen functional groups attached to an aromatic ring is 1. The summed E-state index contributed by atoms with van der Waals surface area (Å²) < 4.78 is 0. The maximum atomic E-state index is 12.1. The van der Waals surface area contributed by atoms with Crippen LogP contribution in [0.4, 0.5) is 11.5 Å². The summed E-state index contributed by atoms with van der Waals surface area (Å²) in [5, 5.41) is 9.44. The molecule has 0 saturated heterocycles. The van der Waals surface area contributed by atoms with Crippen LogP contribution in [0.1, 0.15) is 35.2 Å². The van der Waals surface area contributed by atoms with Crippen molar-refractivity contribution in [3.63, 3.8) is 0 Å². The number of aryl methyl sites for hydroxylation is 2. The smallest absolute Gasteiger partial charge is 0.279 e. The molecular weight excluding hydrogens is 242 g/mol. The van der Waals surface area contributed by atoms with Gasteiger partial charge in [0.05, 0.1) is 11.4 Å². The van der Waals surface area contributed by atoms with E-state index in [0.29, 0.717) is 11.5 Å². The molecule has 19 heavy (non-hydrogen) atoms. The molecule has 6 nitrogen and oxygen atoms in total. The van der Waals surface area contributed by atoms with E-state index in [1.54, 1.807) is 6.07 Å². The molecule has 2 rings (SSSR count). The molecule has 0 bridgehead atoms. The molecule has 0 unspecified atom stereocenters. The summed E-state index contributed by atoms with van der Waals surface area (Å²) in [6, 6.07) is 5.41. The number of nitrogens with zero attached hydrogens (tertiary/aromatic N) is 2. The van der Waals surface area contributed by atoms with Crippen LogP contribution in [0.5, 0.6) is 0 Å². The average molecular weight is 259 g/mol. The van der Waals surface area contributed by atoms with Crippen LogP contribution in [0.15, 0.2) is 18.2 Å². The number of aromatic nitrogens is 3. The van der Waals surface area contributed by atoms with Crippen molar-refractivity contribution in [2.45, 2.75) is 26.7 Å². The fraction of sp³-hybridized carbons (Fsp3) is 0.308. The van der Waals surface area contributed by atoms with E-state index < -0.39 is 0 Å². The van der Waals surface area contributed by atoms with Gasteiger partial charge in [0, 0.05) is 5.69 Å². The van der Waals surface area contributed by atoms with Crippen LogP contribution < -0.4 is 11.1 Å². The number of aromatic amines is 1. The van der Waals surface area contributed by atoms with Crippen molar-refractivity contribution in [1.82, 2.24) is 15.2 Å². The monoisotopic (exact) mass is 259 g/mol. The van der Waals surface area contributed by atoms with Gasteiger partial charge in [0.1, 0.15) is 5.82 Å². The summed E-state index contributed by atoms with van der Waals surface area (Å²) >= 11 is 0. The van der Waals surface area contributed by atoms with Gasteiger partial charge in [0.25, 0.3) is 5.91 Å². The van der Waals surface area contributed by atoms with Crippen molar-refractivity contribution >= 4 is 17.4 Å². The molecule has 2 heterocycles. The lowest BCUT2D eigenvalue weighted by molar-refractivity contribution is 0.102. The van der Waals surface area contributed by atoms with Crippen molar-refractivity contribution in [2.24, 2.45) is 0 Å². The molecule has 0 spiro atoms. The summed E-state index contributed by atoms with van der Waals surface area (Å²) in [6.45, 7) is 3.90. The Hall–Kier alpha value is -2.37. The van der Waals surface area contributed by atoms with Gasteiger partial charge in [0.15, 0.2) is 5.69 Å². The molecule has 0 fully saturated rings. The molecule has 100 valence electrons. The second-order valence-electron chi connectivity index (χ2n) is 4.33. The first-order valence-corrected chi connectivity index (χ1v) is 6.19. The molecule has 6 heteroatoms. The van der Waals surface area contributed by atoms with Gasteiger partial charge in [-0.1, -0.05) is 19.4 Å². The average Bonchev–Trinajstić information content (AvgIpc) is 2.72. The first-order chi connectivity index (χ1) is 9.11. The van der Waals surface area contributed by atoms with Crippen molar-refractivity contribution in [3.8, 4) is 0 Å². The number of carbonyl (C=O) groups excluding carboxylic acids is 1. The zero-order valence-electron chi connectivity index (χ0n) is 11.0. The highest BCUT2D eigenvalue weighted by Gasteiger charge is 2.17. The normalized spacial score (nSPS) is 10.4. The van der Waals surface area contributed by atoms with Crippen molar-refractivity contribution < 1.29 is 4.79 Å². The van der Waals surface area contributed by atoms with Crippen LogP contribution in [0.25, 0.3) is 0 Å². The molecule has 0 radical (unpaired) electrons. The maximum Gasteiger partial charge on any atom is 0.279 e. The van der Waals surface area contributed by atoms with Gasteiger partial charge in [-0.25, -0.2) is 4.98 Å². The van der Waals surface area contributed by atoms with E-state index in [1.807, 2.05) is 26.0 Å². The third-order valence-corrected chi connectivity index (χ3v) is 2.73. The molecule has 2 aromatic heterocycles. The molecular formula is C13H17N5O. The summed E-state index contributed by atoms with van der Waals surface area (Å²) in [4.78, 5) is 16.3. The van der Waals surface area contributed by atoms with Crippen LogP contribution in [-0.4, -0.2) is 21.1 Å². The Morgan fingerprint density at radius 3 is 2.95 bits per heavy atom. The predicted octanol–water partition coefficient (Wildman–Crippen LogP) is 1.90.